The number of anilines is 1. The zero-order valence-electron chi connectivity index (χ0n) is 9.46. The Labute approximate surface area is 104 Å². The van der Waals surface area contributed by atoms with Gasteiger partial charge in [0.2, 0.25) is 5.91 Å². The summed E-state index contributed by atoms with van der Waals surface area (Å²) in [4.78, 5) is 15.4. The molecule has 0 atom stereocenters. The van der Waals surface area contributed by atoms with Gasteiger partial charge in [0.1, 0.15) is 0 Å². The second-order valence-corrected chi connectivity index (χ2v) is 4.71. The highest BCUT2D eigenvalue weighted by molar-refractivity contribution is 9.10. The van der Waals surface area contributed by atoms with Crippen LogP contribution in [0.15, 0.2) is 22.9 Å². The first kappa shape index (κ1) is 13.0. The monoisotopic (exact) mass is 285 g/mol. The Morgan fingerprint density at radius 3 is 2.88 bits per heavy atom. The summed E-state index contributed by atoms with van der Waals surface area (Å²) in [7, 11) is 0. The van der Waals surface area contributed by atoms with E-state index in [-0.39, 0.29) is 11.9 Å². The molecule has 5 heteroatoms. The lowest BCUT2D eigenvalue weighted by molar-refractivity contribution is -0.121. The van der Waals surface area contributed by atoms with Gasteiger partial charge in [-0.25, -0.2) is 0 Å². The Kier molecular flexibility index (Phi) is 5.25. The standard InChI is InChI=1S/C11H16BrN3O/c1-8(2)15-11(16)3-4-14-10-5-9(12)6-13-7-10/h5-8,14H,3-4H2,1-2H3,(H,15,16). The van der Waals surface area contributed by atoms with Gasteiger partial charge in [-0.15, -0.1) is 0 Å². The molecule has 1 rings (SSSR count). The van der Waals surface area contributed by atoms with E-state index in [1.807, 2.05) is 19.9 Å². The summed E-state index contributed by atoms with van der Waals surface area (Å²) in [5.74, 6) is 0.0606. The Morgan fingerprint density at radius 1 is 1.50 bits per heavy atom. The molecule has 0 aliphatic rings. The fourth-order valence-electron chi connectivity index (χ4n) is 1.22. The normalized spacial score (nSPS) is 10.2. The molecule has 1 aromatic rings. The summed E-state index contributed by atoms with van der Waals surface area (Å²) in [6.07, 6.45) is 3.91. The van der Waals surface area contributed by atoms with Crippen molar-refractivity contribution < 1.29 is 4.79 Å². The van der Waals surface area contributed by atoms with Crippen LogP contribution in [0.2, 0.25) is 0 Å². The molecular weight excluding hydrogens is 270 g/mol. The van der Waals surface area contributed by atoms with E-state index < -0.39 is 0 Å². The lowest BCUT2D eigenvalue weighted by atomic mass is 10.3. The SMILES string of the molecule is CC(C)NC(=O)CCNc1cncc(Br)c1. The van der Waals surface area contributed by atoms with Gasteiger partial charge in [0.05, 0.1) is 11.9 Å². The lowest BCUT2D eigenvalue weighted by Gasteiger charge is -2.09. The number of hydrogen-bond acceptors (Lipinski definition) is 3. The molecule has 0 fully saturated rings. The first-order valence-corrected chi connectivity index (χ1v) is 6.01. The lowest BCUT2D eigenvalue weighted by Crippen LogP contribution is -2.31. The van der Waals surface area contributed by atoms with Crippen LogP contribution in [0.5, 0.6) is 0 Å². The third kappa shape index (κ3) is 5.11. The summed E-state index contributed by atoms with van der Waals surface area (Å²) in [6, 6.07) is 2.12. The van der Waals surface area contributed by atoms with Crippen molar-refractivity contribution in [3.63, 3.8) is 0 Å². The third-order valence-corrected chi connectivity index (χ3v) is 2.27. The highest BCUT2D eigenvalue weighted by atomic mass is 79.9. The Morgan fingerprint density at radius 2 is 2.25 bits per heavy atom. The smallest absolute Gasteiger partial charge is 0.221 e. The predicted molar refractivity (Wildman–Crippen MR) is 68.3 cm³/mol. The first-order chi connectivity index (χ1) is 7.58. The van der Waals surface area contributed by atoms with E-state index in [9.17, 15) is 4.79 Å². The van der Waals surface area contributed by atoms with Gasteiger partial charge < -0.3 is 10.6 Å². The van der Waals surface area contributed by atoms with Crippen molar-refractivity contribution in [1.82, 2.24) is 10.3 Å². The maximum absolute atomic E-state index is 11.3. The molecule has 2 N–H and O–H groups in total. The number of nitrogens with one attached hydrogen (secondary N) is 2. The molecule has 0 aliphatic heterocycles. The van der Waals surface area contributed by atoms with Crippen LogP contribution in [0.1, 0.15) is 20.3 Å². The van der Waals surface area contributed by atoms with Crippen molar-refractivity contribution in [2.45, 2.75) is 26.3 Å². The summed E-state index contributed by atoms with van der Waals surface area (Å²) in [5, 5.41) is 5.97. The number of pyridine rings is 1. The Bertz CT molecular complexity index is 355. The minimum Gasteiger partial charge on any atom is -0.383 e. The van der Waals surface area contributed by atoms with Crippen LogP contribution in [0.4, 0.5) is 5.69 Å². The molecule has 0 saturated heterocycles. The fraction of sp³-hybridized carbons (Fsp3) is 0.455. The Balaban J connectivity index is 2.28. The average molecular weight is 286 g/mol. The van der Waals surface area contributed by atoms with Gasteiger partial charge in [-0.2, -0.15) is 0 Å². The highest BCUT2D eigenvalue weighted by Gasteiger charge is 2.02. The number of hydrogen-bond donors (Lipinski definition) is 2. The maximum Gasteiger partial charge on any atom is 0.221 e. The average Bonchev–Trinajstić information content (AvgIpc) is 2.16. The minimum atomic E-state index is 0.0606. The van der Waals surface area contributed by atoms with E-state index in [0.717, 1.165) is 10.2 Å². The molecular formula is C11H16BrN3O. The maximum atomic E-state index is 11.3. The predicted octanol–water partition coefficient (Wildman–Crippen LogP) is 2.17. The number of aromatic nitrogens is 1. The second-order valence-electron chi connectivity index (χ2n) is 3.79. The summed E-state index contributed by atoms with van der Waals surface area (Å²) in [5.41, 5.74) is 0.909. The number of halogens is 1. The molecule has 1 heterocycles. The van der Waals surface area contributed by atoms with Crippen LogP contribution in [0.25, 0.3) is 0 Å². The van der Waals surface area contributed by atoms with Crippen LogP contribution in [-0.2, 0) is 4.79 Å². The van der Waals surface area contributed by atoms with E-state index in [1.54, 1.807) is 12.4 Å². The zero-order valence-corrected chi connectivity index (χ0v) is 11.0. The summed E-state index contributed by atoms with van der Waals surface area (Å²) >= 11 is 3.33. The van der Waals surface area contributed by atoms with Crippen LogP contribution >= 0.6 is 15.9 Å². The molecule has 0 radical (unpaired) electrons. The van der Waals surface area contributed by atoms with Crippen LogP contribution in [-0.4, -0.2) is 23.5 Å². The second kappa shape index (κ2) is 6.48. The van der Waals surface area contributed by atoms with Gasteiger partial charge in [-0.05, 0) is 35.8 Å². The van der Waals surface area contributed by atoms with Gasteiger partial charge in [0.25, 0.3) is 0 Å². The quantitative estimate of drug-likeness (QED) is 0.872. The van der Waals surface area contributed by atoms with Gasteiger partial charge in [-0.3, -0.25) is 9.78 Å². The molecule has 0 spiro atoms. The van der Waals surface area contributed by atoms with E-state index in [2.05, 4.69) is 31.5 Å². The van der Waals surface area contributed by atoms with Crippen molar-refractivity contribution >= 4 is 27.5 Å². The van der Waals surface area contributed by atoms with Crippen molar-refractivity contribution in [3.8, 4) is 0 Å². The van der Waals surface area contributed by atoms with E-state index in [4.69, 9.17) is 0 Å². The van der Waals surface area contributed by atoms with E-state index in [0.29, 0.717) is 13.0 Å². The molecule has 0 saturated carbocycles. The van der Waals surface area contributed by atoms with Gasteiger partial charge >= 0.3 is 0 Å². The molecule has 4 nitrogen and oxygen atoms in total. The van der Waals surface area contributed by atoms with Gasteiger partial charge in [0, 0.05) is 29.7 Å². The molecule has 0 bridgehead atoms. The number of carbonyl (C=O) groups excluding carboxylic acids is 1. The summed E-state index contributed by atoms with van der Waals surface area (Å²) < 4.78 is 0.920. The Hall–Kier alpha value is -1.10. The molecule has 0 aliphatic carbocycles. The third-order valence-electron chi connectivity index (χ3n) is 1.84. The first-order valence-electron chi connectivity index (χ1n) is 5.21. The molecule has 1 aromatic heterocycles. The number of carbonyl (C=O) groups is 1. The van der Waals surface area contributed by atoms with Crippen LogP contribution < -0.4 is 10.6 Å². The fourth-order valence-corrected chi connectivity index (χ4v) is 1.59. The summed E-state index contributed by atoms with van der Waals surface area (Å²) in [6.45, 7) is 4.50. The molecule has 1 amide bonds. The van der Waals surface area contributed by atoms with E-state index >= 15 is 0 Å². The van der Waals surface area contributed by atoms with Crippen molar-refractivity contribution in [1.29, 1.82) is 0 Å². The molecule has 0 aromatic carbocycles. The minimum absolute atomic E-state index is 0.0606. The van der Waals surface area contributed by atoms with Gasteiger partial charge in [0.15, 0.2) is 0 Å². The van der Waals surface area contributed by atoms with Gasteiger partial charge in [-0.1, -0.05) is 0 Å². The van der Waals surface area contributed by atoms with Crippen LogP contribution in [0.3, 0.4) is 0 Å². The van der Waals surface area contributed by atoms with E-state index in [1.165, 1.54) is 0 Å². The number of nitrogens with zero attached hydrogens (tertiary/aromatic N) is 1. The molecule has 88 valence electrons. The van der Waals surface area contributed by atoms with Crippen molar-refractivity contribution in [2.24, 2.45) is 0 Å². The van der Waals surface area contributed by atoms with Crippen molar-refractivity contribution in [3.05, 3.63) is 22.9 Å². The largest absolute Gasteiger partial charge is 0.383 e. The molecule has 16 heavy (non-hydrogen) atoms. The van der Waals surface area contributed by atoms with Crippen molar-refractivity contribution in [2.75, 3.05) is 11.9 Å². The topological polar surface area (TPSA) is 54.0 Å². The number of amides is 1. The molecule has 0 unspecified atom stereocenters. The van der Waals surface area contributed by atoms with Crippen LogP contribution in [0, 0.1) is 0 Å². The zero-order chi connectivity index (χ0) is 12.0. The highest BCUT2D eigenvalue weighted by Crippen LogP contribution is 2.13. The number of rotatable bonds is 5.